The van der Waals surface area contributed by atoms with E-state index >= 15 is 0 Å². The van der Waals surface area contributed by atoms with E-state index < -0.39 is 5.97 Å². The number of carboxylic acid groups (broad SMARTS) is 1. The highest BCUT2D eigenvalue weighted by molar-refractivity contribution is 5.70. The molecular formula is C13H23NO3. The molecule has 1 N–H and O–H groups in total. The third kappa shape index (κ3) is 3.42. The maximum Gasteiger partial charge on any atom is 0.306 e. The lowest BCUT2D eigenvalue weighted by atomic mass is 9.97. The predicted molar refractivity (Wildman–Crippen MR) is 65.0 cm³/mol. The van der Waals surface area contributed by atoms with Crippen LogP contribution in [0.3, 0.4) is 0 Å². The summed E-state index contributed by atoms with van der Waals surface area (Å²) in [6.45, 7) is 7.05. The van der Waals surface area contributed by atoms with Crippen molar-refractivity contribution in [3.05, 3.63) is 0 Å². The number of hydrogen-bond acceptors (Lipinski definition) is 3. The third-order valence-corrected chi connectivity index (χ3v) is 3.95. The maximum absolute atomic E-state index is 10.8. The minimum absolute atomic E-state index is 0.0318. The quantitative estimate of drug-likeness (QED) is 0.817. The van der Waals surface area contributed by atoms with Crippen molar-refractivity contribution in [3.8, 4) is 0 Å². The van der Waals surface area contributed by atoms with Gasteiger partial charge in [0.05, 0.1) is 17.6 Å². The molecule has 1 unspecified atom stereocenters. The average Bonchev–Trinajstić information content (AvgIpc) is 2.59. The van der Waals surface area contributed by atoms with Crippen LogP contribution in [0.25, 0.3) is 0 Å². The molecule has 2 fully saturated rings. The van der Waals surface area contributed by atoms with Gasteiger partial charge in [-0.3, -0.25) is 4.79 Å². The molecule has 4 nitrogen and oxygen atoms in total. The van der Waals surface area contributed by atoms with Gasteiger partial charge in [-0.05, 0) is 52.6 Å². The normalized spacial score (nSPS) is 30.6. The predicted octanol–water partition coefficient (Wildman–Crippen LogP) is 1.74. The second-order valence-electron chi connectivity index (χ2n) is 5.95. The Bertz CT molecular complexity index is 282. The van der Waals surface area contributed by atoms with Crippen LogP contribution in [-0.2, 0) is 9.53 Å². The summed E-state index contributed by atoms with van der Waals surface area (Å²) in [6.07, 6.45) is 4.16. The minimum atomic E-state index is -0.636. The lowest BCUT2D eigenvalue weighted by molar-refractivity contribution is -0.143. The molecule has 98 valence electrons. The van der Waals surface area contributed by atoms with Gasteiger partial charge in [0.2, 0.25) is 0 Å². The molecular weight excluding hydrogens is 218 g/mol. The summed E-state index contributed by atoms with van der Waals surface area (Å²) in [5.74, 6) is -0.768. The number of likely N-dealkylation sites (tertiary alicyclic amines) is 1. The molecule has 0 aliphatic carbocycles. The molecule has 4 heteroatoms. The zero-order chi connectivity index (χ0) is 12.5. The van der Waals surface area contributed by atoms with Crippen LogP contribution in [0.2, 0.25) is 0 Å². The fraction of sp³-hybridized carbons (Fsp3) is 0.923. The molecule has 2 rings (SSSR count). The standard InChI is InChI=1S/C13H23NO3/c1-13(2)6-3-11(17-13)9-14-7-4-10(5-8-14)12(15)16/h10-11H,3-9H2,1-2H3,(H,15,16). The van der Waals surface area contributed by atoms with E-state index in [9.17, 15) is 4.79 Å². The zero-order valence-corrected chi connectivity index (χ0v) is 10.8. The molecule has 17 heavy (non-hydrogen) atoms. The average molecular weight is 241 g/mol. The molecule has 2 saturated heterocycles. The lowest BCUT2D eigenvalue weighted by Crippen LogP contribution is -2.40. The van der Waals surface area contributed by atoms with E-state index in [0.717, 1.165) is 45.3 Å². The van der Waals surface area contributed by atoms with Crippen LogP contribution in [0.15, 0.2) is 0 Å². The van der Waals surface area contributed by atoms with Crippen molar-refractivity contribution in [2.75, 3.05) is 19.6 Å². The Morgan fingerprint density at radius 2 is 2.00 bits per heavy atom. The number of aliphatic carboxylic acids is 1. The van der Waals surface area contributed by atoms with Crippen molar-refractivity contribution < 1.29 is 14.6 Å². The molecule has 2 heterocycles. The van der Waals surface area contributed by atoms with Gasteiger partial charge in [-0.25, -0.2) is 0 Å². The van der Waals surface area contributed by atoms with Gasteiger partial charge in [-0.15, -0.1) is 0 Å². The maximum atomic E-state index is 10.8. The van der Waals surface area contributed by atoms with Crippen LogP contribution >= 0.6 is 0 Å². The topological polar surface area (TPSA) is 49.8 Å². The first-order valence-corrected chi connectivity index (χ1v) is 6.59. The van der Waals surface area contributed by atoms with E-state index in [4.69, 9.17) is 9.84 Å². The number of ether oxygens (including phenoxy) is 1. The number of hydrogen-bond donors (Lipinski definition) is 1. The third-order valence-electron chi connectivity index (χ3n) is 3.95. The van der Waals surface area contributed by atoms with Crippen LogP contribution < -0.4 is 0 Å². The first kappa shape index (κ1) is 12.8. The number of carbonyl (C=O) groups is 1. The van der Waals surface area contributed by atoms with Crippen LogP contribution in [-0.4, -0.2) is 47.3 Å². The van der Waals surface area contributed by atoms with Crippen molar-refractivity contribution >= 4 is 5.97 Å². The Morgan fingerprint density at radius 1 is 1.35 bits per heavy atom. The van der Waals surface area contributed by atoms with E-state index in [2.05, 4.69) is 18.7 Å². The highest BCUT2D eigenvalue weighted by Gasteiger charge is 2.33. The van der Waals surface area contributed by atoms with E-state index in [-0.39, 0.29) is 11.5 Å². The fourth-order valence-electron chi connectivity index (χ4n) is 2.86. The number of rotatable bonds is 3. The Balaban J connectivity index is 1.74. The minimum Gasteiger partial charge on any atom is -0.481 e. The fourth-order valence-corrected chi connectivity index (χ4v) is 2.86. The van der Waals surface area contributed by atoms with Crippen molar-refractivity contribution in [1.82, 2.24) is 4.90 Å². The van der Waals surface area contributed by atoms with Crippen LogP contribution in [0.1, 0.15) is 39.5 Å². The highest BCUT2D eigenvalue weighted by atomic mass is 16.5. The van der Waals surface area contributed by atoms with Crippen molar-refractivity contribution in [2.45, 2.75) is 51.2 Å². The molecule has 0 saturated carbocycles. The summed E-state index contributed by atoms with van der Waals surface area (Å²) in [6, 6.07) is 0. The lowest BCUT2D eigenvalue weighted by Gasteiger charge is -2.32. The van der Waals surface area contributed by atoms with Crippen molar-refractivity contribution in [1.29, 1.82) is 0 Å². The summed E-state index contributed by atoms with van der Waals surface area (Å²) in [5.41, 5.74) is 0.0318. The molecule has 0 amide bonds. The first-order valence-electron chi connectivity index (χ1n) is 6.59. The van der Waals surface area contributed by atoms with Gasteiger partial charge in [0.15, 0.2) is 0 Å². The second kappa shape index (κ2) is 4.94. The Kier molecular flexibility index (Phi) is 3.73. The van der Waals surface area contributed by atoms with Gasteiger partial charge in [0, 0.05) is 6.54 Å². The number of nitrogens with zero attached hydrogens (tertiary/aromatic N) is 1. The van der Waals surface area contributed by atoms with Gasteiger partial charge in [0.1, 0.15) is 0 Å². The number of carboxylic acids is 1. The second-order valence-corrected chi connectivity index (χ2v) is 5.95. The molecule has 0 spiro atoms. The summed E-state index contributed by atoms with van der Waals surface area (Å²) in [5, 5.41) is 8.93. The Labute approximate surface area is 103 Å². The largest absolute Gasteiger partial charge is 0.481 e. The van der Waals surface area contributed by atoms with Crippen molar-refractivity contribution in [2.24, 2.45) is 5.92 Å². The summed E-state index contributed by atoms with van der Waals surface area (Å²) in [7, 11) is 0. The monoisotopic (exact) mass is 241 g/mol. The van der Waals surface area contributed by atoms with Gasteiger partial charge >= 0.3 is 5.97 Å². The summed E-state index contributed by atoms with van der Waals surface area (Å²) in [4.78, 5) is 13.2. The molecule has 0 aromatic heterocycles. The SMILES string of the molecule is CC1(C)CCC(CN2CCC(C(=O)O)CC2)O1. The van der Waals surface area contributed by atoms with Gasteiger partial charge in [0.25, 0.3) is 0 Å². The van der Waals surface area contributed by atoms with E-state index in [0.29, 0.717) is 6.10 Å². The number of piperidine rings is 1. The van der Waals surface area contributed by atoms with E-state index in [1.165, 1.54) is 0 Å². The smallest absolute Gasteiger partial charge is 0.306 e. The molecule has 0 aromatic rings. The molecule has 2 aliphatic heterocycles. The molecule has 1 atom stereocenters. The first-order chi connectivity index (χ1) is 7.96. The van der Waals surface area contributed by atoms with Gasteiger partial charge in [-0.1, -0.05) is 0 Å². The van der Waals surface area contributed by atoms with Gasteiger partial charge < -0.3 is 14.7 Å². The van der Waals surface area contributed by atoms with Crippen LogP contribution in [0, 0.1) is 5.92 Å². The van der Waals surface area contributed by atoms with Crippen LogP contribution in [0.5, 0.6) is 0 Å². The molecule has 2 aliphatic rings. The molecule has 0 aromatic carbocycles. The summed E-state index contributed by atoms with van der Waals surface area (Å²) >= 11 is 0. The van der Waals surface area contributed by atoms with Crippen LogP contribution in [0.4, 0.5) is 0 Å². The van der Waals surface area contributed by atoms with Crippen molar-refractivity contribution in [3.63, 3.8) is 0 Å². The zero-order valence-electron chi connectivity index (χ0n) is 10.8. The Morgan fingerprint density at radius 3 is 2.47 bits per heavy atom. The molecule has 0 bridgehead atoms. The highest BCUT2D eigenvalue weighted by Crippen LogP contribution is 2.30. The van der Waals surface area contributed by atoms with E-state index in [1.807, 2.05) is 0 Å². The Hall–Kier alpha value is -0.610. The van der Waals surface area contributed by atoms with Gasteiger partial charge in [-0.2, -0.15) is 0 Å². The molecule has 0 radical (unpaired) electrons. The van der Waals surface area contributed by atoms with E-state index in [1.54, 1.807) is 0 Å². The summed E-state index contributed by atoms with van der Waals surface area (Å²) < 4.78 is 5.97.